The Morgan fingerprint density at radius 2 is 0.732 bits per heavy atom. The van der Waals surface area contributed by atoms with Crippen molar-refractivity contribution >= 4 is 202 Å². The average molecular weight is 2240 g/mol. The number of hydrogen-bond donors (Lipinski definition) is 0. The molecule has 6 aliphatic rings. The minimum absolute atomic E-state index is 0.00324. The van der Waals surface area contributed by atoms with Crippen molar-refractivity contribution in [2.24, 2.45) is 5.92 Å². The lowest BCUT2D eigenvalue weighted by Crippen LogP contribution is -2.17. The zero-order chi connectivity index (χ0) is 106. The second-order valence-electron chi connectivity index (χ2n) is 37.0. The van der Waals surface area contributed by atoms with Crippen molar-refractivity contribution in [2.75, 3.05) is 148 Å². The Kier molecular flexibility index (Phi) is 57.8. The first-order valence-corrected chi connectivity index (χ1v) is 64.0. The molecule has 7 atom stereocenters. The van der Waals surface area contributed by atoms with Gasteiger partial charge in [-0.15, -0.1) is 11.8 Å². The Morgan fingerprint density at radius 3 is 1.08 bits per heavy atom. The molecule has 6 unspecified atom stereocenters. The number of hydrogen-bond acceptors (Lipinski definition) is 31. The third-order valence-electron chi connectivity index (χ3n) is 25.3. The third-order valence-corrected chi connectivity index (χ3v) is 39.0. The van der Waals surface area contributed by atoms with Gasteiger partial charge < -0.3 is 61.6 Å². The van der Waals surface area contributed by atoms with Gasteiger partial charge in [-0.25, -0.2) is 8.78 Å². The third kappa shape index (κ3) is 45.7. The fourth-order valence-corrected chi connectivity index (χ4v) is 30.0. The van der Waals surface area contributed by atoms with E-state index in [0.29, 0.717) is 57.0 Å². The zero-order valence-corrected chi connectivity index (χ0v) is 95.4. The number of thioether (sulfide) groups is 1. The summed E-state index contributed by atoms with van der Waals surface area (Å²) in [6, 6.07) is 44.9. The second kappa shape index (κ2) is 70.0. The standard InChI is InChI=1S/C32H37FO6S3.C32H37FO5S3.C26H34O6S2.C25H38O5S2/c1-22-28(19-23-7-10-26(11-8-23)42(2)36)27-12-9-24(33)20-30(27)29(22)21-32(35)39-17-15-37-14-16-38-31(34)6-4-3-5-25-13-18-40-41-25;1-22-28(19-23-7-10-25(39-2)11-8-23)27-12-9-24(33)20-30(27)29(22)21-32(35)38-17-15-36-14-16-37-31(34)6-4-3-5-26-13-18-40-41-26;1-19(20-7-8-22-18-23(29-2)10-9-21(22)17-20)26(28)32-15-13-30-12-14-31-25(27)6-4-3-5-24-11-16-33-34-24;1-19(2)18-21-8-10-22(11-9-21)20(3)25(27)30-16-14-28-13-15-29-24(26)7-5-4-6-23-12-17-31-32-23/h7-12,19-20,25H,3-6,13-18,21H2,1-2H3;7-12,19-20,26H,3-6,13-18,21H2,1-2H3;7-10,17-19,24H,3-6,11-16H2,1-2H3;8-11,19-20,23H,4-7,12-18H2,1-3H3/b28-19-;;;/t;;19-,24?;/m..0./s1. The zero-order valence-electron chi connectivity index (χ0n) is 87.3. The van der Waals surface area contributed by atoms with Crippen LogP contribution in [-0.2, 0) is 112 Å². The normalized spacial score (nSPS) is 17.1. The summed E-state index contributed by atoms with van der Waals surface area (Å²) in [7, 11) is 16.2. The van der Waals surface area contributed by atoms with Crippen LogP contribution in [0.5, 0.6) is 5.75 Å². The van der Waals surface area contributed by atoms with Crippen molar-refractivity contribution in [3.63, 3.8) is 0 Å². The molecule has 22 nitrogen and oxygen atoms in total. The highest BCUT2D eigenvalue weighted by atomic mass is 33.1. The largest absolute Gasteiger partial charge is 0.497 e. The number of carbonyl (C=O) groups is 8. The molecule has 0 bridgehead atoms. The van der Waals surface area contributed by atoms with Crippen LogP contribution in [0, 0.1) is 17.6 Å². The molecule has 4 saturated heterocycles. The van der Waals surface area contributed by atoms with Crippen molar-refractivity contribution in [1.82, 2.24) is 0 Å². The van der Waals surface area contributed by atoms with E-state index < -0.39 is 22.7 Å². The maximum absolute atomic E-state index is 14.2. The van der Waals surface area contributed by atoms with Crippen LogP contribution in [0.2, 0.25) is 0 Å². The van der Waals surface area contributed by atoms with Gasteiger partial charge >= 0.3 is 47.8 Å². The van der Waals surface area contributed by atoms with Gasteiger partial charge in [-0.3, -0.25) is 42.6 Å². The Morgan fingerprint density at radius 1 is 0.389 bits per heavy atom. The van der Waals surface area contributed by atoms with Crippen molar-refractivity contribution < 1.29 is 113 Å². The molecule has 4 heterocycles. The molecule has 0 amide bonds. The Labute approximate surface area is 917 Å². The van der Waals surface area contributed by atoms with Crippen LogP contribution in [-0.4, -0.2) is 221 Å². The van der Waals surface area contributed by atoms with Crippen LogP contribution in [0.4, 0.5) is 8.78 Å². The topological polar surface area (TPSA) is 274 Å². The fourth-order valence-electron chi connectivity index (χ4n) is 16.9. The molecule has 0 radical (unpaired) electrons. The number of benzene rings is 7. The van der Waals surface area contributed by atoms with Gasteiger partial charge in [-0.05, 0) is 290 Å². The van der Waals surface area contributed by atoms with Crippen molar-refractivity contribution in [1.29, 1.82) is 0 Å². The van der Waals surface area contributed by atoms with Crippen molar-refractivity contribution in [3.05, 3.63) is 218 Å². The average Bonchev–Trinajstić information content (AvgIpc) is 1.62. The maximum atomic E-state index is 14.2. The molecule has 4 fully saturated rings. The first kappa shape index (κ1) is 123. The Hall–Kier alpha value is -7.68. The Balaban J connectivity index is 0.000000204. The van der Waals surface area contributed by atoms with Gasteiger partial charge in [0.1, 0.15) is 70.2 Å². The highest BCUT2D eigenvalue weighted by molar-refractivity contribution is 8.78. The number of halogens is 2. The summed E-state index contributed by atoms with van der Waals surface area (Å²) in [5.74, 6) is 2.83. The van der Waals surface area contributed by atoms with E-state index in [0.717, 1.165) is 185 Å². The molecule has 7 aromatic carbocycles. The fraction of sp³-hybridized carbons (Fsp3) is 0.513. The number of rotatable bonds is 59. The SMILES string of the molecule is CC(C)Cc1ccc(C(C)C(=O)OCCOCCOC(=O)CCCCC2CCSS2)cc1.CC1=C(CC(=O)OCCOCCOC(=O)CCCCC2CCSS2)c2cc(F)ccc2/C1=C\c1ccc(S(C)=O)cc1.COc1ccc2cc([C@H](C)C(=O)OCCOCCOC(=O)CCCCC3CCSS3)ccc2c1.CSc1ccc(C=C2C(C)=C(CC(=O)OCCOCCOC(=O)CCCCC3CCSS3)c3cc(F)ccc32)cc1. The quantitative estimate of drug-likeness (QED) is 0.0113. The molecule has 812 valence electrons. The highest BCUT2D eigenvalue weighted by Gasteiger charge is 2.31. The number of unbranched alkanes of at least 4 members (excludes halogenated alkanes) is 4. The van der Waals surface area contributed by atoms with E-state index in [9.17, 15) is 51.3 Å². The lowest BCUT2D eigenvalue weighted by Gasteiger charge is -2.13. The van der Waals surface area contributed by atoms with Crippen LogP contribution in [0.3, 0.4) is 0 Å². The number of ether oxygens (including phenoxy) is 13. The van der Waals surface area contributed by atoms with Gasteiger partial charge in [-0.2, -0.15) is 0 Å². The predicted octanol–water partition coefficient (Wildman–Crippen LogP) is 26.8. The number of carbonyl (C=O) groups excluding carboxylic acids is 8. The van der Waals surface area contributed by atoms with Crippen LogP contribution in [0.25, 0.3) is 45.2 Å². The first-order chi connectivity index (χ1) is 72.3. The predicted molar refractivity (Wildman–Crippen MR) is 611 cm³/mol. The molecule has 4 aliphatic heterocycles. The maximum Gasteiger partial charge on any atom is 0.313 e. The minimum atomic E-state index is -1.06. The van der Waals surface area contributed by atoms with E-state index in [1.165, 1.54) is 96.3 Å². The molecule has 2 aliphatic carbocycles. The number of esters is 8. The summed E-state index contributed by atoms with van der Waals surface area (Å²) in [6.07, 6.45) is 28.1. The molecule has 0 spiro atoms. The smallest absolute Gasteiger partial charge is 0.313 e. The summed E-state index contributed by atoms with van der Waals surface area (Å²) >= 11 is 1.68. The van der Waals surface area contributed by atoms with E-state index in [2.05, 4.69) is 56.3 Å². The van der Waals surface area contributed by atoms with Gasteiger partial charge in [0.2, 0.25) is 0 Å². The Bertz CT molecular complexity index is 5500. The van der Waals surface area contributed by atoms with E-state index in [1.54, 1.807) is 37.3 Å². The summed E-state index contributed by atoms with van der Waals surface area (Å²) in [5, 5.41) is 5.08. The van der Waals surface area contributed by atoms with Gasteiger partial charge in [0, 0.05) is 96.5 Å². The molecule has 0 aromatic heterocycles. The van der Waals surface area contributed by atoms with Gasteiger partial charge in [-0.1, -0.05) is 211 Å². The number of fused-ring (bicyclic) bond motifs is 3. The van der Waals surface area contributed by atoms with Gasteiger partial charge in [0.25, 0.3) is 0 Å². The van der Waals surface area contributed by atoms with Crippen molar-refractivity contribution in [2.45, 2.75) is 232 Å². The summed E-state index contributed by atoms with van der Waals surface area (Å²) in [4.78, 5) is 99.2. The summed E-state index contributed by atoms with van der Waals surface area (Å²) < 4.78 is 109. The van der Waals surface area contributed by atoms with Gasteiger partial charge in [0.15, 0.2) is 0 Å². The van der Waals surface area contributed by atoms with Crippen LogP contribution < -0.4 is 4.74 Å². The molecule has 7 aromatic rings. The summed E-state index contributed by atoms with van der Waals surface area (Å²) in [6.45, 7) is 15.3. The van der Waals surface area contributed by atoms with Crippen molar-refractivity contribution in [3.8, 4) is 5.75 Å². The summed E-state index contributed by atoms with van der Waals surface area (Å²) in [5.41, 5.74) is 13.4. The van der Waals surface area contributed by atoms with Crippen LogP contribution in [0.15, 0.2) is 167 Å². The van der Waals surface area contributed by atoms with Crippen LogP contribution >= 0.6 is 98.1 Å². The van der Waals surface area contributed by atoms with E-state index in [-0.39, 0.29) is 158 Å². The molecular formula is C115H146F2O22S10. The highest BCUT2D eigenvalue weighted by Crippen LogP contribution is 2.48. The minimum Gasteiger partial charge on any atom is -0.497 e. The number of methoxy groups -OCH3 is 1. The molecule has 34 heteroatoms. The van der Waals surface area contributed by atoms with E-state index >= 15 is 0 Å². The number of allylic oxidation sites excluding steroid dienone is 4. The second-order valence-corrected chi connectivity index (χ2v) is 50.4. The van der Waals surface area contributed by atoms with Crippen LogP contribution in [0.1, 0.15) is 245 Å². The lowest BCUT2D eigenvalue weighted by atomic mass is 9.97. The monoisotopic (exact) mass is 2240 g/mol. The van der Waals surface area contributed by atoms with Gasteiger partial charge in [0.05, 0.1) is 84.6 Å². The molecular weight excluding hydrogens is 2090 g/mol. The lowest BCUT2D eigenvalue weighted by molar-refractivity contribution is -0.149. The van der Waals surface area contributed by atoms with E-state index in [4.69, 9.17) is 61.6 Å². The van der Waals surface area contributed by atoms with E-state index in [1.807, 2.05) is 199 Å². The molecule has 149 heavy (non-hydrogen) atoms. The first-order valence-electron chi connectivity index (χ1n) is 51.7. The molecule has 0 saturated carbocycles. The molecule has 13 rings (SSSR count). The molecule has 0 N–H and O–H groups in total.